The molecule has 0 amide bonds. The highest BCUT2D eigenvalue weighted by Gasteiger charge is 2.07. The van der Waals surface area contributed by atoms with Gasteiger partial charge in [0.2, 0.25) is 0 Å². The predicted octanol–water partition coefficient (Wildman–Crippen LogP) is 2.07. The van der Waals surface area contributed by atoms with Crippen molar-refractivity contribution in [1.29, 1.82) is 0 Å². The average Bonchev–Trinajstić information content (AvgIpc) is 2.27. The van der Waals surface area contributed by atoms with Crippen molar-refractivity contribution >= 4 is 0 Å². The van der Waals surface area contributed by atoms with Crippen LogP contribution < -0.4 is 5.73 Å². The van der Waals surface area contributed by atoms with Gasteiger partial charge in [-0.2, -0.15) is 0 Å². The van der Waals surface area contributed by atoms with Gasteiger partial charge >= 0.3 is 0 Å². The summed E-state index contributed by atoms with van der Waals surface area (Å²) in [6, 6.07) is 10.7. The molecule has 1 aromatic rings. The molecule has 2 heteroatoms. The smallest absolute Gasteiger partial charge is 0.00446 e. The Balaban J connectivity index is 2.38. The minimum absolute atomic E-state index is 0.592. The van der Waals surface area contributed by atoms with Crippen molar-refractivity contribution in [3.63, 3.8) is 0 Å². The van der Waals surface area contributed by atoms with Crippen LogP contribution >= 0.6 is 0 Å². The monoisotopic (exact) mass is 206 g/mol. The summed E-state index contributed by atoms with van der Waals surface area (Å²) in [6.45, 7) is 5.25. The van der Waals surface area contributed by atoms with Gasteiger partial charge in [-0.25, -0.2) is 0 Å². The zero-order chi connectivity index (χ0) is 11.1. The normalized spacial score (nSPS) is 13.1. The van der Waals surface area contributed by atoms with E-state index in [2.05, 4.69) is 49.2 Å². The lowest BCUT2D eigenvalue weighted by Crippen LogP contribution is -2.26. The summed E-state index contributed by atoms with van der Waals surface area (Å²) >= 11 is 0. The third kappa shape index (κ3) is 4.45. The van der Waals surface area contributed by atoms with Gasteiger partial charge in [0.25, 0.3) is 0 Å². The molecule has 1 rings (SSSR count). The number of hydrogen-bond donors (Lipinski definition) is 1. The Bertz CT molecular complexity index is 258. The molecule has 0 aromatic heterocycles. The van der Waals surface area contributed by atoms with E-state index in [-0.39, 0.29) is 0 Å². The molecule has 0 radical (unpaired) electrons. The molecule has 2 nitrogen and oxygen atoms in total. The Morgan fingerprint density at radius 3 is 2.53 bits per heavy atom. The van der Waals surface area contributed by atoms with Crippen LogP contribution in [0.5, 0.6) is 0 Å². The molecular formula is C13H22N2. The Morgan fingerprint density at radius 1 is 1.27 bits per heavy atom. The zero-order valence-corrected chi connectivity index (χ0v) is 9.82. The lowest BCUT2D eigenvalue weighted by Gasteiger charge is -2.21. The molecule has 1 atom stereocenters. The van der Waals surface area contributed by atoms with Gasteiger partial charge in [-0.05, 0) is 38.0 Å². The molecule has 0 saturated carbocycles. The van der Waals surface area contributed by atoms with Crippen LogP contribution in [-0.2, 0) is 0 Å². The fraction of sp³-hybridized carbons (Fsp3) is 0.538. The molecule has 1 unspecified atom stereocenters. The van der Waals surface area contributed by atoms with E-state index in [1.807, 2.05) is 0 Å². The van der Waals surface area contributed by atoms with Gasteiger partial charge in [0.15, 0.2) is 0 Å². The summed E-state index contributed by atoms with van der Waals surface area (Å²) < 4.78 is 0. The van der Waals surface area contributed by atoms with Gasteiger partial charge in [-0.15, -0.1) is 0 Å². The molecular weight excluding hydrogens is 184 g/mol. The molecule has 0 fully saturated rings. The second-order valence-corrected chi connectivity index (χ2v) is 4.22. The highest BCUT2D eigenvalue weighted by molar-refractivity contribution is 5.18. The third-order valence-electron chi connectivity index (χ3n) is 2.70. The second kappa shape index (κ2) is 6.59. The Kier molecular flexibility index (Phi) is 5.37. The van der Waals surface area contributed by atoms with E-state index in [0.29, 0.717) is 5.92 Å². The van der Waals surface area contributed by atoms with E-state index in [1.165, 1.54) is 5.56 Å². The van der Waals surface area contributed by atoms with Crippen molar-refractivity contribution in [2.45, 2.75) is 19.3 Å². The van der Waals surface area contributed by atoms with E-state index in [4.69, 9.17) is 5.73 Å². The first-order valence-corrected chi connectivity index (χ1v) is 5.67. The molecule has 0 heterocycles. The maximum absolute atomic E-state index is 5.49. The van der Waals surface area contributed by atoms with Crippen molar-refractivity contribution in [2.24, 2.45) is 5.73 Å². The van der Waals surface area contributed by atoms with Gasteiger partial charge in [-0.3, -0.25) is 0 Å². The van der Waals surface area contributed by atoms with Crippen molar-refractivity contribution in [2.75, 3.05) is 26.7 Å². The van der Waals surface area contributed by atoms with Gasteiger partial charge < -0.3 is 10.6 Å². The van der Waals surface area contributed by atoms with Gasteiger partial charge in [0.1, 0.15) is 0 Å². The molecule has 84 valence electrons. The topological polar surface area (TPSA) is 29.3 Å². The fourth-order valence-corrected chi connectivity index (χ4v) is 1.81. The first kappa shape index (κ1) is 12.2. The molecule has 0 aliphatic heterocycles. The van der Waals surface area contributed by atoms with E-state index >= 15 is 0 Å². The number of nitrogens with two attached hydrogens (primary N) is 1. The van der Waals surface area contributed by atoms with Crippen LogP contribution in [0.4, 0.5) is 0 Å². The molecule has 0 aliphatic rings. The Labute approximate surface area is 93.1 Å². The predicted molar refractivity (Wildman–Crippen MR) is 66.0 cm³/mol. The molecule has 0 saturated heterocycles. The van der Waals surface area contributed by atoms with Crippen LogP contribution in [0, 0.1) is 0 Å². The summed E-state index contributed by atoms with van der Waals surface area (Å²) in [4.78, 5) is 2.35. The van der Waals surface area contributed by atoms with Crippen molar-refractivity contribution in [3.8, 4) is 0 Å². The number of hydrogen-bond acceptors (Lipinski definition) is 2. The molecule has 0 aliphatic carbocycles. The SMILES string of the molecule is CC(CN(C)CCCN)c1ccccc1. The van der Waals surface area contributed by atoms with E-state index in [9.17, 15) is 0 Å². The van der Waals surface area contributed by atoms with E-state index in [0.717, 1.165) is 26.1 Å². The maximum Gasteiger partial charge on any atom is 0.00446 e. The lowest BCUT2D eigenvalue weighted by atomic mass is 10.0. The minimum atomic E-state index is 0.592. The maximum atomic E-state index is 5.49. The number of rotatable bonds is 6. The highest BCUT2D eigenvalue weighted by Crippen LogP contribution is 2.15. The number of benzene rings is 1. The summed E-state index contributed by atoms with van der Waals surface area (Å²) in [5.74, 6) is 0.592. The number of likely N-dealkylation sites (N-methyl/N-ethyl adjacent to an activating group) is 1. The third-order valence-corrected chi connectivity index (χ3v) is 2.70. The standard InChI is InChI=1S/C13H22N2/c1-12(11-15(2)10-6-9-14)13-7-4-3-5-8-13/h3-5,7-8,12H,6,9-11,14H2,1-2H3. The van der Waals surface area contributed by atoms with Crippen molar-refractivity contribution in [3.05, 3.63) is 35.9 Å². The largest absolute Gasteiger partial charge is 0.330 e. The summed E-state index contributed by atoms with van der Waals surface area (Å²) in [6.07, 6.45) is 1.08. The average molecular weight is 206 g/mol. The van der Waals surface area contributed by atoms with E-state index < -0.39 is 0 Å². The minimum Gasteiger partial charge on any atom is -0.330 e. The highest BCUT2D eigenvalue weighted by atomic mass is 15.1. The zero-order valence-electron chi connectivity index (χ0n) is 9.82. The van der Waals surface area contributed by atoms with E-state index in [1.54, 1.807) is 0 Å². The van der Waals surface area contributed by atoms with Gasteiger partial charge in [-0.1, -0.05) is 37.3 Å². The number of nitrogens with zero attached hydrogens (tertiary/aromatic N) is 1. The molecule has 15 heavy (non-hydrogen) atoms. The second-order valence-electron chi connectivity index (χ2n) is 4.22. The Morgan fingerprint density at radius 2 is 1.93 bits per heavy atom. The first-order valence-electron chi connectivity index (χ1n) is 5.67. The van der Waals surface area contributed by atoms with Gasteiger partial charge in [0, 0.05) is 6.54 Å². The molecule has 0 spiro atoms. The van der Waals surface area contributed by atoms with Crippen molar-refractivity contribution in [1.82, 2.24) is 4.90 Å². The molecule has 1 aromatic carbocycles. The van der Waals surface area contributed by atoms with Gasteiger partial charge in [0.05, 0.1) is 0 Å². The van der Waals surface area contributed by atoms with Crippen LogP contribution in [0.2, 0.25) is 0 Å². The van der Waals surface area contributed by atoms with Crippen LogP contribution in [-0.4, -0.2) is 31.6 Å². The van der Waals surface area contributed by atoms with Crippen LogP contribution in [0.15, 0.2) is 30.3 Å². The summed E-state index contributed by atoms with van der Waals surface area (Å²) in [5, 5.41) is 0. The van der Waals surface area contributed by atoms with Crippen LogP contribution in [0.25, 0.3) is 0 Å². The summed E-state index contributed by atoms with van der Waals surface area (Å²) in [7, 11) is 2.16. The summed E-state index contributed by atoms with van der Waals surface area (Å²) in [5.41, 5.74) is 6.91. The van der Waals surface area contributed by atoms with Crippen molar-refractivity contribution < 1.29 is 0 Å². The fourth-order valence-electron chi connectivity index (χ4n) is 1.81. The van der Waals surface area contributed by atoms with Crippen LogP contribution in [0.1, 0.15) is 24.8 Å². The van der Waals surface area contributed by atoms with Crippen LogP contribution in [0.3, 0.4) is 0 Å². The quantitative estimate of drug-likeness (QED) is 0.772. The first-order chi connectivity index (χ1) is 7.24. The Hall–Kier alpha value is -0.860. The molecule has 0 bridgehead atoms. The molecule has 2 N–H and O–H groups in total. The lowest BCUT2D eigenvalue weighted by molar-refractivity contribution is 0.314.